The summed E-state index contributed by atoms with van der Waals surface area (Å²) in [6.45, 7) is 3.03. The van der Waals surface area contributed by atoms with Crippen molar-refractivity contribution in [2.45, 2.75) is 31.7 Å². The third-order valence-electron chi connectivity index (χ3n) is 5.02. The molecule has 0 radical (unpaired) electrons. The number of benzene rings is 1. The van der Waals surface area contributed by atoms with Gasteiger partial charge in [0.25, 0.3) is 0 Å². The molecule has 1 saturated heterocycles. The van der Waals surface area contributed by atoms with Crippen LogP contribution in [-0.4, -0.2) is 46.6 Å². The van der Waals surface area contributed by atoms with Crippen LogP contribution in [-0.2, 0) is 21.5 Å². The number of nitrogens with zero attached hydrogens (tertiary/aromatic N) is 3. The zero-order valence-electron chi connectivity index (χ0n) is 14.7. The van der Waals surface area contributed by atoms with Gasteiger partial charge in [0, 0.05) is 26.0 Å². The van der Waals surface area contributed by atoms with Crippen molar-refractivity contribution in [3.05, 3.63) is 53.9 Å². The highest BCUT2D eigenvalue weighted by molar-refractivity contribution is 5.86. The van der Waals surface area contributed by atoms with Crippen LogP contribution >= 0.6 is 0 Å². The van der Waals surface area contributed by atoms with Gasteiger partial charge in [0.1, 0.15) is 0 Å². The van der Waals surface area contributed by atoms with E-state index in [0.29, 0.717) is 25.9 Å². The molecular formula is C19H24N4O2. The van der Waals surface area contributed by atoms with Gasteiger partial charge in [0.2, 0.25) is 11.8 Å². The van der Waals surface area contributed by atoms with Gasteiger partial charge < -0.3 is 10.2 Å². The lowest BCUT2D eigenvalue weighted by Gasteiger charge is -2.41. The molecular weight excluding hydrogens is 316 g/mol. The molecule has 2 amide bonds. The van der Waals surface area contributed by atoms with E-state index in [-0.39, 0.29) is 11.8 Å². The summed E-state index contributed by atoms with van der Waals surface area (Å²) < 4.78 is 1.69. The molecule has 132 valence electrons. The lowest BCUT2D eigenvalue weighted by atomic mass is 9.87. The van der Waals surface area contributed by atoms with Gasteiger partial charge in [-0.3, -0.25) is 14.3 Å². The molecule has 1 aromatic heterocycles. The highest BCUT2D eigenvalue weighted by Gasteiger charge is 2.45. The van der Waals surface area contributed by atoms with E-state index in [1.165, 1.54) is 0 Å². The van der Waals surface area contributed by atoms with E-state index < -0.39 is 5.54 Å². The molecule has 1 aliphatic heterocycles. The Morgan fingerprint density at radius 3 is 2.76 bits per heavy atom. The number of rotatable bonds is 4. The first-order chi connectivity index (χ1) is 12.1. The van der Waals surface area contributed by atoms with Crippen LogP contribution in [0.4, 0.5) is 0 Å². The Balaban J connectivity index is 1.83. The topological polar surface area (TPSA) is 67.2 Å². The van der Waals surface area contributed by atoms with Crippen molar-refractivity contribution in [2.24, 2.45) is 0 Å². The van der Waals surface area contributed by atoms with Gasteiger partial charge >= 0.3 is 0 Å². The molecule has 6 nitrogen and oxygen atoms in total. The molecule has 0 saturated carbocycles. The second-order valence-electron chi connectivity index (χ2n) is 6.58. The predicted molar refractivity (Wildman–Crippen MR) is 95.0 cm³/mol. The summed E-state index contributed by atoms with van der Waals surface area (Å²) in [5.74, 6) is -0.0565. The number of likely N-dealkylation sites (tertiary alicyclic amines) is 1. The van der Waals surface area contributed by atoms with E-state index in [0.717, 1.165) is 17.5 Å². The van der Waals surface area contributed by atoms with E-state index in [1.807, 2.05) is 31.2 Å². The lowest BCUT2D eigenvalue weighted by molar-refractivity contribution is -0.140. The van der Waals surface area contributed by atoms with E-state index in [4.69, 9.17) is 0 Å². The molecule has 0 spiro atoms. The van der Waals surface area contributed by atoms with Crippen LogP contribution in [0, 0.1) is 6.92 Å². The maximum Gasteiger partial charge on any atom is 0.249 e. The molecule has 0 aliphatic carbocycles. The van der Waals surface area contributed by atoms with Gasteiger partial charge in [0.05, 0.1) is 13.0 Å². The Hall–Kier alpha value is -2.63. The second-order valence-corrected chi connectivity index (χ2v) is 6.58. The largest absolute Gasteiger partial charge is 0.357 e. The number of piperidine rings is 1. The van der Waals surface area contributed by atoms with Crippen LogP contribution in [0.2, 0.25) is 0 Å². The summed E-state index contributed by atoms with van der Waals surface area (Å²) in [5.41, 5.74) is 1.30. The van der Waals surface area contributed by atoms with Gasteiger partial charge in [-0.25, -0.2) is 0 Å². The standard InChI is InChI=1S/C19H24N4O2/c1-15-7-3-4-8-16(15)13-17(24)22-11-5-9-19(14-22,18(25)20-2)23-12-6-10-21-23/h3-4,6-8,10,12H,5,9,11,13-14H2,1-2H3,(H,20,25). The SMILES string of the molecule is CNC(=O)C1(n2cccn2)CCCN(C(=O)Cc2ccccc2C)C1. The number of amides is 2. The van der Waals surface area contributed by atoms with Crippen LogP contribution in [0.1, 0.15) is 24.0 Å². The third-order valence-corrected chi connectivity index (χ3v) is 5.02. The summed E-state index contributed by atoms with van der Waals surface area (Å²) in [5, 5.41) is 7.04. The zero-order chi connectivity index (χ0) is 17.9. The number of carbonyl (C=O) groups is 2. The minimum atomic E-state index is -0.835. The summed E-state index contributed by atoms with van der Waals surface area (Å²) in [6.07, 6.45) is 5.26. The van der Waals surface area contributed by atoms with Crippen LogP contribution in [0.15, 0.2) is 42.7 Å². The van der Waals surface area contributed by atoms with Crippen molar-refractivity contribution in [2.75, 3.05) is 20.1 Å². The van der Waals surface area contributed by atoms with Crippen LogP contribution < -0.4 is 5.32 Å². The van der Waals surface area contributed by atoms with E-state index >= 15 is 0 Å². The average molecular weight is 340 g/mol. The van der Waals surface area contributed by atoms with E-state index in [9.17, 15) is 9.59 Å². The Kier molecular flexibility index (Phi) is 4.88. The summed E-state index contributed by atoms with van der Waals surface area (Å²) in [7, 11) is 1.63. The van der Waals surface area contributed by atoms with Crippen molar-refractivity contribution >= 4 is 11.8 Å². The zero-order valence-corrected chi connectivity index (χ0v) is 14.7. The second kappa shape index (κ2) is 7.09. The van der Waals surface area contributed by atoms with Crippen LogP contribution in [0.5, 0.6) is 0 Å². The van der Waals surface area contributed by atoms with Crippen molar-refractivity contribution in [3.8, 4) is 0 Å². The number of nitrogens with one attached hydrogen (secondary N) is 1. The normalized spacial score (nSPS) is 20.3. The van der Waals surface area contributed by atoms with Gasteiger partial charge in [-0.2, -0.15) is 5.10 Å². The average Bonchev–Trinajstić information content (AvgIpc) is 3.18. The summed E-state index contributed by atoms with van der Waals surface area (Å²) in [6, 6.07) is 9.72. The van der Waals surface area contributed by atoms with Crippen molar-refractivity contribution in [1.29, 1.82) is 0 Å². The molecule has 1 unspecified atom stereocenters. The summed E-state index contributed by atoms with van der Waals surface area (Å²) >= 11 is 0. The summed E-state index contributed by atoms with van der Waals surface area (Å²) in [4.78, 5) is 27.3. The minimum Gasteiger partial charge on any atom is -0.357 e. The fraction of sp³-hybridized carbons (Fsp3) is 0.421. The third kappa shape index (κ3) is 3.29. The van der Waals surface area contributed by atoms with Crippen LogP contribution in [0.25, 0.3) is 0 Å². The van der Waals surface area contributed by atoms with Crippen molar-refractivity contribution < 1.29 is 9.59 Å². The van der Waals surface area contributed by atoms with Crippen molar-refractivity contribution in [1.82, 2.24) is 20.0 Å². The number of carbonyl (C=O) groups excluding carboxylic acids is 2. The van der Waals surface area contributed by atoms with E-state index in [1.54, 1.807) is 35.1 Å². The quantitative estimate of drug-likeness (QED) is 0.917. The Labute approximate surface area is 147 Å². The molecule has 25 heavy (non-hydrogen) atoms. The molecule has 1 atom stereocenters. The fourth-order valence-electron chi connectivity index (χ4n) is 3.56. The fourth-order valence-corrected chi connectivity index (χ4v) is 3.56. The van der Waals surface area contributed by atoms with Gasteiger partial charge in [0.15, 0.2) is 5.54 Å². The molecule has 1 N–H and O–H groups in total. The maximum absolute atomic E-state index is 12.9. The molecule has 1 fully saturated rings. The molecule has 6 heteroatoms. The Bertz CT molecular complexity index is 757. The molecule has 2 heterocycles. The predicted octanol–water partition coefficient (Wildman–Crippen LogP) is 1.50. The number of hydrogen-bond acceptors (Lipinski definition) is 3. The monoisotopic (exact) mass is 340 g/mol. The van der Waals surface area contributed by atoms with Gasteiger partial charge in [-0.1, -0.05) is 24.3 Å². The number of aryl methyl sites for hydroxylation is 1. The molecule has 2 aromatic rings. The smallest absolute Gasteiger partial charge is 0.249 e. The highest BCUT2D eigenvalue weighted by atomic mass is 16.2. The van der Waals surface area contributed by atoms with Crippen molar-refractivity contribution in [3.63, 3.8) is 0 Å². The molecule has 1 aromatic carbocycles. The van der Waals surface area contributed by atoms with Gasteiger partial charge in [-0.05, 0) is 37.0 Å². The van der Waals surface area contributed by atoms with E-state index in [2.05, 4.69) is 10.4 Å². The molecule has 0 bridgehead atoms. The maximum atomic E-state index is 12.9. The van der Waals surface area contributed by atoms with Crippen LogP contribution in [0.3, 0.4) is 0 Å². The number of likely N-dealkylation sites (N-methyl/N-ethyl adjacent to an activating group) is 1. The number of aromatic nitrogens is 2. The first-order valence-corrected chi connectivity index (χ1v) is 8.61. The Morgan fingerprint density at radius 1 is 1.28 bits per heavy atom. The first-order valence-electron chi connectivity index (χ1n) is 8.61. The molecule has 1 aliphatic rings. The van der Waals surface area contributed by atoms with Gasteiger partial charge in [-0.15, -0.1) is 0 Å². The lowest BCUT2D eigenvalue weighted by Crippen LogP contribution is -2.59. The first kappa shape index (κ1) is 17.2. The minimum absolute atomic E-state index is 0.0504. The Morgan fingerprint density at radius 2 is 2.08 bits per heavy atom. The molecule has 3 rings (SSSR count). The highest BCUT2D eigenvalue weighted by Crippen LogP contribution is 2.29. The number of hydrogen-bond donors (Lipinski definition) is 1.